The molecule has 4 aromatic rings. The predicted molar refractivity (Wildman–Crippen MR) is 116 cm³/mol. The van der Waals surface area contributed by atoms with Gasteiger partial charge in [-0.3, -0.25) is 9.36 Å². The predicted octanol–water partition coefficient (Wildman–Crippen LogP) is 4.85. The van der Waals surface area contributed by atoms with Gasteiger partial charge in [0.1, 0.15) is 16.9 Å². The standard InChI is InChI=1S/C23H20F3N5O/c24-23(25,26)13-6-5-9-15(12-13)31-20(27)18(22(32)28-14-7-1-2-8-14)19-21(31)30-17-11-4-3-10-16(17)29-19/h3-6,9-12,14H,1-2,7-8,27H2,(H,28,32). The van der Waals surface area contributed by atoms with E-state index in [-0.39, 0.29) is 34.3 Å². The minimum atomic E-state index is -4.52. The molecular weight excluding hydrogens is 419 g/mol. The first-order valence-corrected chi connectivity index (χ1v) is 10.4. The first kappa shape index (κ1) is 20.3. The number of carbonyl (C=O) groups is 1. The van der Waals surface area contributed by atoms with Crippen molar-refractivity contribution < 1.29 is 18.0 Å². The molecule has 164 valence electrons. The van der Waals surface area contributed by atoms with Crippen LogP contribution in [0.4, 0.5) is 19.0 Å². The van der Waals surface area contributed by atoms with Crippen molar-refractivity contribution in [1.82, 2.24) is 19.9 Å². The number of nitrogens with one attached hydrogen (secondary N) is 1. The summed E-state index contributed by atoms with van der Waals surface area (Å²) in [4.78, 5) is 22.4. The molecule has 0 radical (unpaired) electrons. The third-order valence-corrected chi connectivity index (χ3v) is 5.85. The number of fused-ring (bicyclic) bond motifs is 2. The van der Waals surface area contributed by atoms with E-state index in [1.165, 1.54) is 16.7 Å². The lowest BCUT2D eigenvalue weighted by atomic mass is 10.2. The first-order valence-electron chi connectivity index (χ1n) is 10.4. The Balaban J connectivity index is 1.74. The maximum Gasteiger partial charge on any atom is 0.416 e. The number of hydrogen-bond acceptors (Lipinski definition) is 4. The number of anilines is 1. The van der Waals surface area contributed by atoms with Crippen LogP contribution in [0.15, 0.2) is 48.5 Å². The molecule has 32 heavy (non-hydrogen) atoms. The van der Waals surface area contributed by atoms with E-state index in [4.69, 9.17) is 5.73 Å². The number of nitrogens with zero attached hydrogens (tertiary/aromatic N) is 3. The van der Waals surface area contributed by atoms with E-state index in [0.29, 0.717) is 11.0 Å². The molecule has 0 aliphatic heterocycles. The zero-order valence-electron chi connectivity index (χ0n) is 17.0. The summed E-state index contributed by atoms with van der Waals surface area (Å²) in [5.41, 5.74) is 7.46. The summed E-state index contributed by atoms with van der Waals surface area (Å²) >= 11 is 0. The number of para-hydroxylation sites is 2. The second-order valence-electron chi connectivity index (χ2n) is 7.98. The van der Waals surface area contributed by atoms with Gasteiger partial charge in [-0.2, -0.15) is 13.2 Å². The Hall–Kier alpha value is -3.62. The Bertz CT molecular complexity index is 1340. The normalized spacial score (nSPS) is 15.0. The van der Waals surface area contributed by atoms with Crippen LogP contribution >= 0.6 is 0 Å². The highest BCUT2D eigenvalue weighted by Crippen LogP contribution is 2.34. The van der Waals surface area contributed by atoms with Crippen molar-refractivity contribution in [1.29, 1.82) is 0 Å². The van der Waals surface area contributed by atoms with Crippen LogP contribution in [0.1, 0.15) is 41.6 Å². The van der Waals surface area contributed by atoms with Crippen molar-refractivity contribution in [2.75, 3.05) is 5.73 Å². The maximum absolute atomic E-state index is 13.3. The molecule has 9 heteroatoms. The fraction of sp³-hybridized carbons (Fsp3) is 0.261. The third-order valence-electron chi connectivity index (χ3n) is 5.85. The first-order chi connectivity index (χ1) is 15.3. The Kier molecular flexibility index (Phi) is 4.76. The third kappa shape index (κ3) is 3.43. The number of hydrogen-bond donors (Lipinski definition) is 2. The van der Waals surface area contributed by atoms with E-state index in [9.17, 15) is 18.0 Å². The topological polar surface area (TPSA) is 85.8 Å². The number of benzene rings is 2. The Morgan fingerprint density at radius 1 is 1.03 bits per heavy atom. The van der Waals surface area contributed by atoms with Crippen molar-refractivity contribution >= 4 is 33.9 Å². The molecule has 1 fully saturated rings. The lowest BCUT2D eigenvalue weighted by Gasteiger charge is -2.13. The molecular formula is C23H20F3N5O. The van der Waals surface area contributed by atoms with Crippen LogP contribution in [0.5, 0.6) is 0 Å². The van der Waals surface area contributed by atoms with Crippen LogP contribution in [0.2, 0.25) is 0 Å². The van der Waals surface area contributed by atoms with Crippen molar-refractivity contribution in [2.45, 2.75) is 37.9 Å². The largest absolute Gasteiger partial charge is 0.416 e. The summed E-state index contributed by atoms with van der Waals surface area (Å²) in [7, 11) is 0. The molecule has 1 saturated carbocycles. The van der Waals surface area contributed by atoms with E-state index in [1.54, 1.807) is 24.3 Å². The van der Waals surface area contributed by atoms with Gasteiger partial charge in [0.15, 0.2) is 5.65 Å². The van der Waals surface area contributed by atoms with Gasteiger partial charge >= 0.3 is 6.18 Å². The van der Waals surface area contributed by atoms with E-state index >= 15 is 0 Å². The molecule has 2 aromatic carbocycles. The summed E-state index contributed by atoms with van der Waals surface area (Å²) in [5.74, 6) is -0.389. The van der Waals surface area contributed by atoms with Crippen LogP contribution in [-0.4, -0.2) is 26.5 Å². The monoisotopic (exact) mass is 439 g/mol. The lowest BCUT2D eigenvalue weighted by molar-refractivity contribution is -0.137. The Labute approximate surface area is 181 Å². The summed E-state index contributed by atoms with van der Waals surface area (Å²) in [6, 6.07) is 11.9. The van der Waals surface area contributed by atoms with Crippen molar-refractivity contribution in [3.63, 3.8) is 0 Å². The Morgan fingerprint density at radius 2 is 1.72 bits per heavy atom. The molecule has 6 nitrogen and oxygen atoms in total. The van der Waals surface area contributed by atoms with E-state index in [0.717, 1.165) is 37.8 Å². The summed E-state index contributed by atoms with van der Waals surface area (Å²) in [6.07, 6.45) is -0.679. The Morgan fingerprint density at radius 3 is 2.41 bits per heavy atom. The summed E-state index contributed by atoms with van der Waals surface area (Å²) < 4.78 is 41.4. The number of carbonyl (C=O) groups excluding carboxylic acids is 1. The number of nitrogens with two attached hydrogens (primary N) is 1. The van der Waals surface area contributed by atoms with Crippen molar-refractivity contribution in [2.24, 2.45) is 0 Å². The minimum absolute atomic E-state index is 0.00475. The highest BCUT2D eigenvalue weighted by molar-refractivity contribution is 6.11. The van der Waals surface area contributed by atoms with Gasteiger partial charge in [0.2, 0.25) is 0 Å². The molecule has 1 aliphatic carbocycles. The fourth-order valence-electron chi connectivity index (χ4n) is 4.30. The second-order valence-corrected chi connectivity index (χ2v) is 7.98. The van der Waals surface area contributed by atoms with Crippen LogP contribution in [0.25, 0.3) is 27.9 Å². The summed E-state index contributed by atoms with van der Waals surface area (Å²) in [6.45, 7) is 0. The van der Waals surface area contributed by atoms with Gasteiger partial charge in [-0.25, -0.2) is 9.97 Å². The molecule has 5 rings (SSSR count). The number of alkyl halides is 3. The SMILES string of the molecule is Nc1c(C(=O)NC2CCCC2)c2nc3ccccc3nc2n1-c1cccc(C(F)(F)F)c1. The molecule has 3 N–H and O–H groups in total. The number of halogens is 3. The van der Waals surface area contributed by atoms with Crippen molar-refractivity contribution in [3.05, 3.63) is 59.7 Å². The molecule has 0 unspecified atom stereocenters. The van der Waals surface area contributed by atoms with Crippen LogP contribution in [-0.2, 0) is 6.18 Å². The molecule has 0 bridgehead atoms. The molecule has 0 atom stereocenters. The van der Waals surface area contributed by atoms with Gasteiger partial charge in [-0.1, -0.05) is 31.0 Å². The van der Waals surface area contributed by atoms with Crippen molar-refractivity contribution in [3.8, 4) is 5.69 Å². The van der Waals surface area contributed by atoms with E-state index < -0.39 is 17.6 Å². The molecule has 2 heterocycles. The molecule has 2 aromatic heterocycles. The second kappa shape index (κ2) is 7.51. The van der Waals surface area contributed by atoms with Crippen LogP contribution < -0.4 is 11.1 Å². The molecule has 1 amide bonds. The fourth-order valence-corrected chi connectivity index (χ4v) is 4.30. The van der Waals surface area contributed by atoms with Gasteiger partial charge in [0.05, 0.1) is 16.6 Å². The molecule has 0 spiro atoms. The minimum Gasteiger partial charge on any atom is -0.384 e. The highest BCUT2D eigenvalue weighted by Gasteiger charge is 2.32. The lowest BCUT2D eigenvalue weighted by Crippen LogP contribution is -2.33. The van der Waals surface area contributed by atoms with Gasteiger partial charge in [0.25, 0.3) is 5.91 Å². The smallest absolute Gasteiger partial charge is 0.384 e. The van der Waals surface area contributed by atoms with E-state index in [2.05, 4.69) is 15.3 Å². The molecule has 1 aliphatic rings. The zero-order chi connectivity index (χ0) is 22.5. The number of amides is 1. The maximum atomic E-state index is 13.3. The number of rotatable bonds is 3. The number of aromatic nitrogens is 3. The zero-order valence-corrected chi connectivity index (χ0v) is 17.0. The van der Waals surface area contributed by atoms with E-state index in [1.807, 2.05) is 0 Å². The van der Waals surface area contributed by atoms with Gasteiger partial charge in [0, 0.05) is 11.7 Å². The highest BCUT2D eigenvalue weighted by atomic mass is 19.4. The summed E-state index contributed by atoms with van der Waals surface area (Å²) in [5, 5.41) is 3.00. The van der Waals surface area contributed by atoms with Gasteiger partial charge < -0.3 is 11.1 Å². The average molecular weight is 439 g/mol. The van der Waals surface area contributed by atoms with Crippen LogP contribution in [0, 0.1) is 0 Å². The van der Waals surface area contributed by atoms with Gasteiger partial charge in [-0.05, 0) is 43.2 Å². The van der Waals surface area contributed by atoms with Gasteiger partial charge in [-0.15, -0.1) is 0 Å². The quantitative estimate of drug-likeness (QED) is 0.478. The number of nitrogen functional groups attached to an aromatic ring is 1. The average Bonchev–Trinajstić information content (AvgIpc) is 3.36. The molecule has 0 saturated heterocycles. The van der Waals surface area contributed by atoms with Crippen LogP contribution in [0.3, 0.4) is 0 Å².